The molecule has 0 aliphatic rings. The van der Waals surface area contributed by atoms with Crippen LogP contribution in [0.1, 0.15) is 23.5 Å². The molecule has 0 N–H and O–H groups in total. The first kappa shape index (κ1) is 15.7. The number of ether oxygens (including phenoxy) is 1. The Hall–Kier alpha value is -0.710. The normalized spacial score (nSPS) is 10.7. The van der Waals surface area contributed by atoms with Gasteiger partial charge in [0.25, 0.3) is 0 Å². The van der Waals surface area contributed by atoms with Crippen molar-refractivity contribution in [1.82, 2.24) is 4.98 Å². The predicted molar refractivity (Wildman–Crippen MR) is 88.3 cm³/mol. The topological polar surface area (TPSA) is 22.1 Å². The fourth-order valence-electron chi connectivity index (χ4n) is 1.77. The van der Waals surface area contributed by atoms with Crippen LogP contribution in [0.5, 0.6) is 5.75 Å². The highest BCUT2D eigenvalue weighted by Gasteiger charge is 2.01. The largest absolute Gasteiger partial charge is 0.494 e. The Morgan fingerprint density at radius 3 is 2.70 bits per heavy atom. The van der Waals surface area contributed by atoms with Crippen molar-refractivity contribution < 1.29 is 4.74 Å². The number of aromatic nitrogens is 1. The fourth-order valence-corrected chi connectivity index (χ4v) is 3.24. The van der Waals surface area contributed by atoms with E-state index in [1.165, 1.54) is 9.90 Å². The summed E-state index contributed by atoms with van der Waals surface area (Å²) in [5.41, 5.74) is 0.983. The Balaban J connectivity index is 1.63. The van der Waals surface area contributed by atoms with Crippen molar-refractivity contribution >= 4 is 34.7 Å². The lowest BCUT2D eigenvalue weighted by molar-refractivity contribution is 0.306. The van der Waals surface area contributed by atoms with Gasteiger partial charge in [-0.05, 0) is 49.8 Å². The van der Waals surface area contributed by atoms with Crippen molar-refractivity contribution in [2.45, 2.75) is 30.0 Å². The van der Waals surface area contributed by atoms with Gasteiger partial charge < -0.3 is 4.74 Å². The standard InChI is InChI=1S/C15H18ClNOS2/c1-19-14-7-5-13(6-8-14)18-9-3-2-4-15-17-12(10-16)11-20-15/h5-8,11H,2-4,9-10H2,1H3. The van der Waals surface area contributed by atoms with E-state index in [1.807, 2.05) is 17.5 Å². The molecule has 0 spiro atoms. The number of nitrogens with zero attached hydrogens (tertiary/aromatic N) is 1. The summed E-state index contributed by atoms with van der Waals surface area (Å²) in [7, 11) is 0. The summed E-state index contributed by atoms with van der Waals surface area (Å²) in [5, 5.41) is 3.21. The summed E-state index contributed by atoms with van der Waals surface area (Å²) < 4.78 is 5.72. The second-order valence-corrected chi connectivity index (χ2v) is 6.44. The maximum Gasteiger partial charge on any atom is 0.119 e. The molecule has 108 valence electrons. The molecule has 1 heterocycles. The monoisotopic (exact) mass is 327 g/mol. The molecule has 0 saturated carbocycles. The minimum Gasteiger partial charge on any atom is -0.494 e. The van der Waals surface area contributed by atoms with E-state index >= 15 is 0 Å². The Kier molecular flexibility index (Phi) is 6.70. The number of unbranched alkanes of at least 4 members (excludes halogenated alkanes) is 1. The van der Waals surface area contributed by atoms with Gasteiger partial charge in [-0.25, -0.2) is 4.98 Å². The molecule has 1 aromatic carbocycles. The fraction of sp³-hybridized carbons (Fsp3) is 0.400. The highest BCUT2D eigenvalue weighted by Crippen LogP contribution is 2.19. The first-order valence-corrected chi connectivity index (χ1v) is 9.22. The first-order chi connectivity index (χ1) is 9.81. The van der Waals surface area contributed by atoms with Gasteiger partial charge in [0, 0.05) is 10.3 Å². The van der Waals surface area contributed by atoms with Crippen molar-refractivity contribution in [1.29, 1.82) is 0 Å². The van der Waals surface area contributed by atoms with Gasteiger partial charge in [-0.2, -0.15) is 0 Å². The Morgan fingerprint density at radius 1 is 1.25 bits per heavy atom. The quantitative estimate of drug-likeness (QED) is 0.387. The smallest absolute Gasteiger partial charge is 0.119 e. The van der Waals surface area contributed by atoms with E-state index in [1.54, 1.807) is 23.1 Å². The molecule has 0 bridgehead atoms. The lowest BCUT2D eigenvalue weighted by atomic mass is 10.2. The molecule has 1 aromatic heterocycles. The maximum absolute atomic E-state index is 5.74. The lowest BCUT2D eigenvalue weighted by Crippen LogP contribution is -1.98. The van der Waals surface area contributed by atoms with Crippen LogP contribution in [0.4, 0.5) is 0 Å². The number of rotatable bonds is 8. The number of thioether (sulfide) groups is 1. The van der Waals surface area contributed by atoms with Crippen molar-refractivity contribution in [2.24, 2.45) is 0 Å². The van der Waals surface area contributed by atoms with Crippen LogP contribution in [0, 0.1) is 0 Å². The Bertz CT molecular complexity index is 513. The number of benzene rings is 1. The van der Waals surface area contributed by atoms with E-state index in [0.717, 1.165) is 37.3 Å². The Labute approximate surface area is 133 Å². The zero-order valence-electron chi connectivity index (χ0n) is 11.5. The first-order valence-electron chi connectivity index (χ1n) is 6.58. The number of alkyl halides is 1. The van der Waals surface area contributed by atoms with Gasteiger partial charge in [-0.15, -0.1) is 34.7 Å². The van der Waals surface area contributed by atoms with Crippen molar-refractivity contribution in [3.8, 4) is 5.75 Å². The van der Waals surface area contributed by atoms with Gasteiger partial charge in [0.1, 0.15) is 5.75 Å². The van der Waals surface area contributed by atoms with E-state index in [-0.39, 0.29) is 0 Å². The molecule has 0 atom stereocenters. The van der Waals surface area contributed by atoms with Crippen molar-refractivity contribution in [3.63, 3.8) is 0 Å². The molecule has 5 heteroatoms. The second-order valence-electron chi connectivity index (χ2n) is 4.35. The van der Waals surface area contributed by atoms with Crippen LogP contribution in [0.15, 0.2) is 34.5 Å². The molecule has 0 saturated heterocycles. The summed E-state index contributed by atoms with van der Waals surface area (Å²) in [6, 6.07) is 8.23. The minimum atomic E-state index is 0.506. The SMILES string of the molecule is CSc1ccc(OCCCCc2nc(CCl)cs2)cc1. The molecule has 2 aromatic rings. The van der Waals surface area contributed by atoms with Crippen molar-refractivity contribution in [2.75, 3.05) is 12.9 Å². The second kappa shape index (κ2) is 8.55. The van der Waals surface area contributed by atoms with Crippen molar-refractivity contribution in [3.05, 3.63) is 40.3 Å². The molecular weight excluding hydrogens is 310 g/mol. The molecule has 2 rings (SSSR count). The van der Waals surface area contributed by atoms with Gasteiger partial charge >= 0.3 is 0 Å². The van der Waals surface area contributed by atoms with E-state index in [2.05, 4.69) is 23.4 Å². The molecule has 2 nitrogen and oxygen atoms in total. The summed E-state index contributed by atoms with van der Waals surface area (Å²) in [6.07, 6.45) is 5.22. The number of hydrogen-bond acceptors (Lipinski definition) is 4. The number of thiazole rings is 1. The zero-order valence-corrected chi connectivity index (χ0v) is 13.9. The summed E-state index contributed by atoms with van der Waals surface area (Å²) in [6.45, 7) is 0.756. The van der Waals surface area contributed by atoms with Gasteiger partial charge in [0.05, 0.1) is 23.2 Å². The Morgan fingerprint density at radius 2 is 2.05 bits per heavy atom. The van der Waals surface area contributed by atoms with E-state index < -0.39 is 0 Å². The summed E-state index contributed by atoms with van der Waals surface area (Å²) in [4.78, 5) is 5.71. The van der Waals surface area contributed by atoms with Crippen LogP contribution >= 0.6 is 34.7 Å². The average molecular weight is 328 g/mol. The van der Waals surface area contributed by atoms with Gasteiger partial charge in [-0.1, -0.05) is 0 Å². The summed E-state index contributed by atoms with van der Waals surface area (Å²) in [5.74, 6) is 1.45. The molecule has 0 unspecified atom stereocenters. The van der Waals surface area contributed by atoms with E-state index in [9.17, 15) is 0 Å². The molecular formula is C15H18ClNOS2. The van der Waals surface area contributed by atoms with Crippen LogP contribution in [-0.2, 0) is 12.3 Å². The third kappa shape index (κ3) is 5.00. The third-order valence-electron chi connectivity index (χ3n) is 2.85. The van der Waals surface area contributed by atoms with E-state index in [4.69, 9.17) is 16.3 Å². The van der Waals surface area contributed by atoms with Crippen LogP contribution in [0.3, 0.4) is 0 Å². The summed E-state index contributed by atoms with van der Waals surface area (Å²) >= 11 is 9.17. The molecule has 0 aliphatic carbocycles. The van der Waals surface area contributed by atoms with Crippen LogP contribution in [0.25, 0.3) is 0 Å². The lowest BCUT2D eigenvalue weighted by Gasteiger charge is -2.06. The molecule has 0 fully saturated rings. The minimum absolute atomic E-state index is 0.506. The van der Waals surface area contributed by atoms with Crippen LogP contribution in [-0.4, -0.2) is 17.8 Å². The van der Waals surface area contributed by atoms with Gasteiger partial charge in [-0.3, -0.25) is 0 Å². The third-order valence-corrected chi connectivity index (χ3v) is 4.82. The van der Waals surface area contributed by atoms with Gasteiger partial charge in [0.15, 0.2) is 0 Å². The maximum atomic E-state index is 5.74. The number of aryl methyl sites for hydroxylation is 1. The van der Waals surface area contributed by atoms with Crippen LogP contribution in [0.2, 0.25) is 0 Å². The molecule has 20 heavy (non-hydrogen) atoms. The molecule has 0 radical (unpaired) electrons. The molecule has 0 aliphatic heterocycles. The molecule has 0 amide bonds. The predicted octanol–water partition coefficient (Wildman–Crippen LogP) is 5.01. The number of halogens is 1. The highest BCUT2D eigenvalue weighted by molar-refractivity contribution is 7.98. The zero-order chi connectivity index (χ0) is 14.2. The van der Waals surface area contributed by atoms with E-state index in [0.29, 0.717) is 5.88 Å². The number of hydrogen-bond donors (Lipinski definition) is 0. The van der Waals surface area contributed by atoms with Crippen LogP contribution < -0.4 is 4.74 Å². The highest BCUT2D eigenvalue weighted by atomic mass is 35.5. The average Bonchev–Trinajstić information content (AvgIpc) is 2.95. The van der Waals surface area contributed by atoms with Gasteiger partial charge in [0.2, 0.25) is 0 Å².